The highest BCUT2D eigenvalue weighted by molar-refractivity contribution is 7.86. The van der Waals surface area contributed by atoms with Crippen LogP contribution >= 0.6 is 0 Å². The van der Waals surface area contributed by atoms with Crippen LogP contribution in [0.15, 0.2) is 52.5 Å². The number of ether oxygens (including phenoxy) is 2. The molecule has 0 amide bonds. The van der Waals surface area contributed by atoms with Crippen LogP contribution in [0.25, 0.3) is 0 Å². The van der Waals surface area contributed by atoms with Gasteiger partial charge in [0.15, 0.2) is 12.5 Å². The molecule has 0 unspecified atom stereocenters. The Labute approximate surface area is 160 Å². The average molecular weight is 417 g/mol. The van der Waals surface area contributed by atoms with Crippen molar-refractivity contribution in [2.24, 2.45) is 5.16 Å². The number of hydrogen-bond donors (Lipinski definition) is 0. The molecule has 0 bridgehead atoms. The van der Waals surface area contributed by atoms with Crippen LogP contribution in [-0.4, -0.2) is 34.2 Å². The first-order valence-corrected chi connectivity index (χ1v) is 9.33. The summed E-state index contributed by atoms with van der Waals surface area (Å²) in [6.45, 7) is 3.20. The highest BCUT2D eigenvalue weighted by Crippen LogP contribution is 2.28. The molecule has 0 radical (unpaired) electrons. The minimum absolute atomic E-state index is 0.137. The van der Waals surface area contributed by atoms with Crippen LogP contribution in [0.2, 0.25) is 0 Å². The molecule has 0 aromatic heterocycles. The molecule has 152 valence electrons. The van der Waals surface area contributed by atoms with Gasteiger partial charge in [-0.05, 0) is 37.6 Å². The van der Waals surface area contributed by atoms with Crippen molar-refractivity contribution in [2.75, 3.05) is 13.9 Å². The number of methoxy groups -OCH3 is 1. The summed E-state index contributed by atoms with van der Waals surface area (Å²) in [5.74, 6) is 0.137. The Morgan fingerprint density at radius 1 is 1.07 bits per heavy atom. The number of nitrogens with zero attached hydrogens (tertiary/aromatic N) is 1. The van der Waals surface area contributed by atoms with E-state index in [0.717, 1.165) is 17.7 Å². The molecule has 0 atom stereocenters. The SMILES string of the molecule is COCOc1cc(C(=NOS(=O)(=O)c2ccc(C)cc2)C(F)(F)F)ccc1C. The number of halogens is 3. The van der Waals surface area contributed by atoms with Crippen LogP contribution in [0.4, 0.5) is 13.2 Å². The van der Waals surface area contributed by atoms with Crippen LogP contribution in [0.3, 0.4) is 0 Å². The summed E-state index contributed by atoms with van der Waals surface area (Å²) >= 11 is 0. The number of alkyl halides is 3. The van der Waals surface area contributed by atoms with Crippen molar-refractivity contribution in [3.05, 3.63) is 59.2 Å². The Kier molecular flexibility index (Phi) is 6.68. The van der Waals surface area contributed by atoms with Crippen molar-refractivity contribution in [3.8, 4) is 5.75 Å². The number of rotatable bonds is 7. The summed E-state index contributed by atoms with van der Waals surface area (Å²) in [5, 5.41) is 2.90. The first-order chi connectivity index (χ1) is 13.0. The van der Waals surface area contributed by atoms with Crippen LogP contribution in [0.5, 0.6) is 5.75 Å². The molecule has 0 saturated heterocycles. The number of oxime groups is 1. The predicted molar refractivity (Wildman–Crippen MR) is 95.7 cm³/mol. The Bertz CT molecular complexity index is 954. The van der Waals surface area contributed by atoms with Gasteiger partial charge in [-0.15, -0.1) is 0 Å². The van der Waals surface area contributed by atoms with Crippen molar-refractivity contribution in [1.82, 2.24) is 0 Å². The van der Waals surface area contributed by atoms with Crippen molar-refractivity contribution in [1.29, 1.82) is 0 Å². The molecular weight excluding hydrogens is 399 g/mol. The second kappa shape index (κ2) is 8.61. The Morgan fingerprint density at radius 2 is 1.71 bits per heavy atom. The molecular formula is C18H18F3NO5S. The van der Waals surface area contributed by atoms with E-state index in [2.05, 4.69) is 9.44 Å². The van der Waals surface area contributed by atoms with E-state index in [4.69, 9.17) is 9.47 Å². The summed E-state index contributed by atoms with van der Waals surface area (Å²) in [4.78, 5) is -0.309. The molecule has 0 fully saturated rings. The van der Waals surface area contributed by atoms with Crippen molar-refractivity contribution < 1.29 is 35.3 Å². The summed E-state index contributed by atoms with van der Waals surface area (Å²) in [6, 6.07) is 9.03. The molecule has 2 aromatic rings. The molecule has 28 heavy (non-hydrogen) atoms. The van der Waals surface area contributed by atoms with E-state index in [0.29, 0.717) is 5.56 Å². The van der Waals surface area contributed by atoms with Gasteiger partial charge in [0.1, 0.15) is 10.6 Å². The van der Waals surface area contributed by atoms with Crippen LogP contribution in [0, 0.1) is 13.8 Å². The Hall–Kier alpha value is -2.59. The van der Waals surface area contributed by atoms with Gasteiger partial charge in [0.05, 0.1) is 0 Å². The van der Waals surface area contributed by atoms with Crippen LogP contribution < -0.4 is 4.74 Å². The van der Waals surface area contributed by atoms with Gasteiger partial charge in [0, 0.05) is 12.7 Å². The van der Waals surface area contributed by atoms with Crippen molar-refractivity contribution >= 4 is 15.8 Å². The summed E-state index contributed by atoms with van der Waals surface area (Å²) in [6.07, 6.45) is -4.96. The lowest BCUT2D eigenvalue weighted by Crippen LogP contribution is -2.25. The standard InChI is InChI=1S/C18H18F3NO5S/c1-12-4-8-15(9-5-12)28(23,24)27-22-17(18(19,20)21)14-7-6-13(2)16(10-14)26-11-25-3/h4-10H,11H2,1-3H3. The van der Waals surface area contributed by atoms with Gasteiger partial charge in [0.25, 0.3) is 0 Å². The number of hydrogen-bond acceptors (Lipinski definition) is 6. The van der Waals surface area contributed by atoms with Crippen molar-refractivity contribution in [2.45, 2.75) is 24.9 Å². The zero-order valence-electron chi connectivity index (χ0n) is 15.3. The van der Waals surface area contributed by atoms with Gasteiger partial charge >= 0.3 is 16.3 Å². The van der Waals surface area contributed by atoms with E-state index in [1.54, 1.807) is 13.8 Å². The van der Waals surface area contributed by atoms with Gasteiger partial charge in [-0.25, -0.2) is 0 Å². The molecule has 0 N–H and O–H groups in total. The molecule has 0 saturated carbocycles. The molecule has 10 heteroatoms. The van der Waals surface area contributed by atoms with E-state index in [-0.39, 0.29) is 17.4 Å². The van der Waals surface area contributed by atoms with Gasteiger partial charge in [-0.2, -0.15) is 21.6 Å². The molecule has 0 aliphatic rings. The third-order valence-electron chi connectivity index (χ3n) is 3.60. The fourth-order valence-electron chi connectivity index (χ4n) is 2.13. The third kappa shape index (κ3) is 5.46. The molecule has 0 heterocycles. The monoisotopic (exact) mass is 417 g/mol. The smallest absolute Gasteiger partial charge is 0.437 e. The number of aryl methyl sites for hydroxylation is 2. The van der Waals surface area contributed by atoms with Gasteiger partial charge < -0.3 is 9.47 Å². The minimum Gasteiger partial charge on any atom is -0.467 e. The fraction of sp³-hybridized carbons (Fsp3) is 0.278. The lowest BCUT2D eigenvalue weighted by molar-refractivity contribution is -0.0597. The second-order valence-electron chi connectivity index (χ2n) is 5.81. The maximum atomic E-state index is 13.4. The molecule has 0 aliphatic heterocycles. The van der Waals surface area contributed by atoms with E-state index in [9.17, 15) is 21.6 Å². The van der Waals surface area contributed by atoms with E-state index < -0.39 is 27.6 Å². The minimum atomic E-state index is -4.96. The summed E-state index contributed by atoms with van der Waals surface area (Å²) in [7, 11) is -3.14. The van der Waals surface area contributed by atoms with Crippen LogP contribution in [0.1, 0.15) is 16.7 Å². The maximum Gasteiger partial charge on any atom is 0.437 e. The van der Waals surface area contributed by atoms with Crippen LogP contribution in [-0.2, 0) is 19.1 Å². The lowest BCUT2D eigenvalue weighted by atomic mass is 10.1. The molecule has 2 rings (SSSR count). The van der Waals surface area contributed by atoms with Gasteiger partial charge in [-0.3, -0.25) is 4.28 Å². The molecule has 0 spiro atoms. The maximum absolute atomic E-state index is 13.4. The van der Waals surface area contributed by atoms with Gasteiger partial charge in [0.2, 0.25) is 0 Å². The van der Waals surface area contributed by atoms with Crippen molar-refractivity contribution in [3.63, 3.8) is 0 Å². The highest BCUT2D eigenvalue weighted by Gasteiger charge is 2.39. The summed E-state index contributed by atoms with van der Waals surface area (Å²) < 4.78 is 78.9. The van der Waals surface area contributed by atoms with E-state index in [1.807, 2.05) is 0 Å². The molecule has 2 aromatic carbocycles. The van der Waals surface area contributed by atoms with E-state index in [1.165, 1.54) is 37.4 Å². The largest absolute Gasteiger partial charge is 0.467 e. The molecule has 6 nitrogen and oxygen atoms in total. The average Bonchev–Trinajstić information content (AvgIpc) is 2.61. The lowest BCUT2D eigenvalue weighted by Gasteiger charge is -2.13. The Balaban J connectivity index is 2.40. The quantitative estimate of drug-likeness (QED) is 0.387. The first-order valence-electron chi connectivity index (χ1n) is 7.93. The number of benzene rings is 2. The molecule has 0 aliphatic carbocycles. The predicted octanol–water partition coefficient (Wildman–Crippen LogP) is 3.96. The topological polar surface area (TPSA) is 74.2 Å². The zero-order valence-corrected chi connectivity index (χ0v) is 16.1. The normalized spacial score (nSPS) is 12.7. The third-order valence-corrected chi connectivity index (χ3v) is 4.72. The fourth-order valence-corrected chi connectivity index (χ4v) is 2.86. The second-order valence-corrected chi connectivity index (χ2v) is 7.34. The highest BCUT2D eigenvalue weighted by atomic mass is 32.2. The van der Waals surface area contributed by atoms with E-state index >= 15 is 0 Å². The summed E-state index contributed by atoms with van der Waals surface area (Å²) in [5.41, 5.74) is -0.578. The Morgan fingerprint density at radius 3 is 2.29 bits per heavy atom. The van der Waals surface area contributed by atoms with Gasteiger partial charge in [-0.1, -0.05) is 35.0 Å². The first kappa shape index (κ1) is 21.7. The zero-order chi connectivity index (χ0) is 20.9.